The minimum absolute atomic E-state index is 0. The van der Waals surface area contributed by atoms with Crippen molar-refractivity contribution in [3.8, 4) is 5.75 Å². The summed E-state index contributed by atoms with van der Waals surface area (Å²) in [5.41, 5.74) is 2.24. The lowest BCUT2D eigenvalue weighted by Crippen LogP contribution is -2.37. The Morgan fingerprint density at radius 3 is 2.68 bits per heavy atom. The summed E-state index contributed by atoms with van der Waals surface area (Å²) in [6.45, 7) is 7.20. The minimum Gasteiger partial charge on any atom is -0.491 e. The van der Waals surface area contributed by atoms with Gasteiger partial charge in [-0.15, -0.1) is 24.0 Å². The lowest BCUT2D eigenvalue weighted by Gasteiger charge is -2.15. The van der Waals surface area contributed by atoms with Crippen LogP contribution in [-0.4, -0.2) is 39.4 Å². The number of rotatable bonds is 10. The molecule has 2 aromatic rings. The summed E-state index contributed by atoms with van der Waals surface area (Å²) in [7, 11) is 1.76. The number of aryl methyl sites for hydroxylation is 1. The van der Waals surface area contributed by atoms with E-state index in [2.05, 4.69) is 50.6 Å². The molecule has 0 saturated carbocycles. The summed E-state index contributed by atoms with van der Waals surface area (Å²) >= 11 is 3.31. The molecule has 0 saturated heterocycles. The molecule has 2 N–H and O–H groups in total. The number of furan rings is 1. The lowest BCUT2D eigenvalue weighted by atomic mass is 10.1. The monoisotopic (exact) mass is 565 g/mol. The maximum atomic E-state index is 5.89. The molecule has 28 heavy (non-hydrogen) atoms. The van der Waals surface area contributed by atoms with Crippen molar-refractivity contribution < 1.29 is 13.9 Å². The molecule has 1 heterocycles. The number of guanidine groups is 1. The fourth-order valence-corrected chi connectivity index (χ4v) is 2.83. The van der Waals surface area contributed by atoms with E-state index in [-0.39, 0.29) is 24.0 Å². The van der Waals surface area contributed by atoms with Crippen LogP contribution in [0.3, 0.4) is 0 Å². The van der Waals surface area contributed by atoms with Gasteiger partial charge < -0.3 is 24.5 Å². The molecular weight excluding hydrogens is 537 g/mol. The second-order valence-electron chi connectivity index (χ2n) is 5.96. The van der Waals surface area contributed by atoms with Crippen LogP contribution in [0.2, 0.25) is 0 Å². The number of aliphatic imine (C=N–C) groups is 1. The Morgan fingerprint density at radius 2 is 2.00 bits per heavy atom. The van der Waals surface area contributed by atoms with Crippen molar-refractivity contribution in [3.05, 3.63) is 51.9 Å². The molecule has 8 heteroatoms. The molecule has 0 aliphatic carbocycles. The van der Waals surface area contributed by atoms with Crippen LogP contribution in [0.5, 0.6) is 5.75 Å². The van der Waals surface area contributed by atoms with Crippen molar-refractivity contribution in [2.24, 2.45) is 4.99 Å². The molecule has 0 aliphatic rings. The summed E-state index contributed by atoms with van der Waals surface area (Å²) in [6.07, 6.45) is 0.780. The quantitative estimate of drug-likeness (QED) is 0.195. The summed E-state index contributed by atoms with van der Waals surface area (Å²) in [4.78, 5) is 4.27. The maximum Gasteiger partial charge on any atom is 0.191 e. The maximum absolute atomic E-state index is 5.89. The molecule has 0 radical (unpaired) electrons. The predicted octanol–water partition coefficient (Wildman–Crippen LogP) is 4.29. The molecule has 0 amide bonds. The highest BCUT2D eigenvalue weighted by Crippen LogP contribution is 2.20. The number of halogens is 2. The molecule has 0 spiro atoms. The van der Waals surface area contributed by atoms with E-state index >= 15 is 0 Å². The molecule has 0 fully saturated rings. The Bertz CT molecular complexity index is 737. The predicted molar refractivity (Wildman–Crippen MR) is 127 cm³/mol. The number of nitrogens with zero attached hydrogens (tertiary/aromatic N) is 1. The van der Waals surface area contributed by atoms with E-state index in [0.29, 0.717) is 26.4 Å². The Labute approximate surface area is 192 Å². The van der Waals surface area contributed by atoms with Gasteiger partial charge in [-0.25, -0.2) is 0 Å². The summed E-state index contributed by atoms with van der Waals surface area (Å²) in [5, 5.41) is 6.62. The number of nitrogens with one attached hydrogen (secondary N) is 2. The molecule has 6 nitrogen and oxygen atoms in total. The topological polar surface area (TPSA) is 68.0 Å². The highest BCUT2D eigenvalue weighted by atomic mass is 127. The van der Waals surface area contributed by atoms with Crippen molar-refractivity contribution >= 4 is 45.9 Å². The van der Waals surface area contributed by atoms with Gasteiger partial charge in [0.1, 0.15) is 18.1 Å². The number of benzene rings is 1. The Kier molecular flexibility index (Phi) is 12.2. The van der Waals surface area contributed by atoms with Crippen molar-refractivity contribution in [2.45, 2.75) is 26.8 Å². The number of ether oxygens (including phenoxy) is 2. The Balaban J connectivity index is 0.00000392. The van der Waals surface area contributed by atoms with Crippen molar-refractivity contribution in [1.82, 2.24) is 10.6 Å². The van der Waals surface area contributed by atoms with E-state index in [1.807, 2.05) is 25.1 Å². The Hall–Kier alpha value is -1.26. The van der Waals surface area contributed by atoms with Crippen LogP contribution in [0.25, 0.3) is 0 Å². The zero-order chi connectivity index (χ0) is 19.5. The Morgan fingerprint density at radius 1 is 1.18 bits per heavy atom. The molecule has 1 aromatic carbocycles. The zero-order valence-corrected chi connectivity index (χ0v) is 20.5. The van der Waals surface area contributed by atoms with Gasteiger partial charge in [0, 0.05) is 38.7 Å². The van der Waals surface area contributed by atoms with E-state index in [1.54, 1.807) is 7.05 Å². The van der Waals surface area contributed by atoms with Gasteiger partial charge in [-0.2, -0.15) is 0 Å². The fourth-order valence-electron chi connectivity index (χ4n) is 2.49. The van der Waals surface area contributed by atoms with Crippen molar-refractivity contribution in [1.29, 1.82) is 0 Å². The van der Waals surface area contributed by atoms with Crippen molar-refractivity contribution in [2.75, 3.05) is 33.4 Å². The van der Waals surface area contributed by atoms with Gasteiger partial charge in [0.05, 0.1) is 6.61 Å². The summed E-state index contributed by atoms with van der Waals surface area (Å²) in [5.74, 6) is 2.54. The SMILES string of the molecule is CCOCCOc1cc(C)ccc1CNC(=NC)NCCc1ccc(Br)o1.I. The van der Waals surface area contributed by atoms with Crippen LogP contribution in [0.15, 0.2) is 44.4 Å². The third kappa shape index (κ3) is 8.83. The summed E-state index contributed by atoms with van der Waals surface area (Å²) in [6, 6.07) is 10.1. The average molecular weight is 566 g/mol. The standard InChI is InChI=1S/C20H28BrN3O3.HI/c1-4-25-11-12-26-18-13-15(2)5-6-16(18)14-24-20(22-3)23-10-9-17-7-8-19(21)27-17;/h5-8,13H,4,9-12,14H2,1-3H3,(H2,22,23,24);1H. The summed E-state index contributed by atoms with van der Waals surface area (Å²) < 4.78 is 17.5. The van der Waals surface area contributed by atoms with Crippen LogP contribution in [0.4, 0.5) is 0 Å². The molecule has 0 aliphatic heterocycles. The van der Waals surface area contributed by atoms with Crippen LogP contribution in [0.1, 0.15) is 23.8 Å². The first-order chi connectivity index (χ1) is 13.1. The third-order valence-corrected chi connectivity index (χ3v) is 4.30. The first kappa shape index (κ1) is 24.8. The van der Waals surface area contributed by atoms with Crippen LogP contribution < -0.4 is 15.4 Å². The van der Waals surface area contributed by atoms with E-state index in [1.165, 1.54) is 0 Å². The second-order valence-corrected chi connectivity index (χ2v) is 6.75. The smallest absolute Gasteiger partial charge is 0.191 e. The van der Waals surface area contributed by atoms with Gasteiger partial charge in [0.15, 0.2) is 10.6 Å². The molecule has 0 atom stereocenters. The van der Waals surface area contributed by atoms with E-state index < -0.39 is 0 Å². The first-order valence-electron chi connectivity index (χ1n) is 9.11. The van der Waals surface area contributed by atoms with Crippen LogP contribution >= 0.6 is 39.9 Å². The largest absolute Gasteiger partial charge is 0.491 e. The molecule has 0 unspecified atom stereocenters. The third-order valence-electron chi connectivity index (χ3n) is 3.87. The molecule has 156 valence electrons. The normalized spacial score (nSPS) is 11.1. The van der Waals surface area contributed by atoms with Crippen molar-refractivity contribution in [3.63, 3.8) is 0 Å². The van der Waals surface area contributed by atoms with E-state index in [9.17, 15) is 0 Å². The van der Waals surface area contributed by atoms with Gasteiger partial charge in [0.2, 0.25) is 0 Å². The zero-order valence-electron chi connectivity index (χ0n) is 16.6. The molecule has 0 bridgehead atoms. The van der Waals surface area contributed by atoms with Gasteiger partial charge in [0.25, 0.3) is 0 Å². The minimum atomic E-state index is 0. The van der Waals surface area contributed by atoms with Crippen LogP contribution in [-0.2, 0) is 17.7 Å². The van der Waals surface area contributed by atoms with Gasteiger partial charge in [-0.3, -0.25) is 4.99 Å². The number of hydrogen-bond donors (Lipinski definition) is 2. The second kappa shape index (κ2) is 13.8. The molecule has 1 aromatic heterocycles. The first-order valence-corrected chi connectivity index (χ1v) is 9.90. The van der Waals surface area contributed by atoms with Crippen LogP contribution in [0, 0.1) is 6.92 Å². The van der Waals surface area contributed by atoms with E-state index in [4.69, 9.17) is 13.9 Å². The highest BCUT2D eigenvalue weighted by Gasteiger charge is 2.07. The molecular formula is C20H29BrIN3O3. The van der Waals surface area contributed by atoms with Gasteiger partial charge in [-0.05, 0) is 53.5 Å². The highest BCUT2D eigenvalue weighted by molar-refractivity contribution is 14.0. The lowest BCUT2D eigenvalue weighted by molar-refractivity contribution is 0.110. The van der Waals surface area contributed by atoms with E-state index in [0.717, 1.165) is 46.2 Å². The van der Waals surface area contributed by atoms with Gasteiger partial charge >= 0.3 is 0 Å². The molecule has 2 rings (SSSR count). The average Bonchev–Trinajstić information content (AvgIpc) is 3.08. The van der Waals surface area contributed by atoms with Gasteiger partial charge in [-0.1, -0.05) is 12.1 Å². The number of hydrogen-bond acceptors (Lipinski definition) is 4. The fraction of sp³-hybridized carbons (Fsp3) is 0.450.